The molecule has 0 saturated heterocycles. The molecular formula is C10H6ClF5O2. The van der Waals surface area contributed by atoms with Crippen LogP contribution in [0.2, 0.25) is 5.02 Å². The van der Waals surface area contributed by atoms with Crippen LogP contribution in [0.25, 0.3) is 0 Å². The molecule has 0 spiro atoms. The van der Waals surface area contributed by atoms with Gasteiger partial charge < -0.3 is 4.74 Å². The highest BCUT2D eigenvalue weighted by atomic mass is 35.5. The molecule has 0 aromatic heterocycles. The van der Waals surface area contributed by atoms with Gasteiger partial charge in [-0.15, -0.1) is 0 Å². The first-order valence-corrected chi connectivity index (χ1v) is 4.82. The summed E-state index contributed by atoms with van der Waals surface area (Å²) in [4.78, 5) is 11.1. The maximum absolute atomic E-state index is 12.8. The number of ketones is 1. The van der Waals surface area contributed by atoms with Crippen molar-refractivity contribution >= 4 is 17.4 Å². The molecule has 18 heavy (non-hydrogen) atoms. The third kappa shape index (κ3) is 2.55. The van der Waals surface area contributed by atoms with Crippen LogP contribution < -0.4 is 4.74 Å². The average Bonchev–Trinajstić information content (AvgIpc) is 2.26. The van der Waals surface area contributed by atoms with Crippen LogP contribution in [0.5, 0.6) is 5.75 Å². The second kappa shape index (κ2) is 4.72. The number of halogens is 6. The summed E-state index contributed by atoms with van der Waals surface area (Å²) < 4.78 is 66.2. The Hall–Kier alpha value is -1.37. The van der Waals surface area contributed by atoms with E-state index in [-0.39, 0.29) is 10.8 Å². The molecule has 0 fully saturated rings. The molecule has 0 unspecified atom stereocenters. The van der Waals surface area contributed by atoms with E-state index >= 15 is 0 Å². The maximum Gasteiger partial charge on any atom is 0.461 e. The Morgan fingerprint density at radius 2 is 1.78 bits per heavy atom. The van der Waals surface area contributed by atoms with Crippen molar-refractivity contribution in [1.29, 1.82) is 0 Å². The van der Waals surface area contributed by atoms with E-state index in [1.165, 1.54) is 7.11 Å². The van der Waals surface area contributed by atoms with E-state index in [2.05, 4.69) is 4.74 Å². The van der Waals surface area contributed by atoms with Crippen LogP contribution in [0.3, 0.4) is 0 Å². The standard InChI is InChI=1S/C10H6ClF5O2/c1-18-7-3-2-5(4-6(7)11)8(17)9(12,13)10(14,15)16/h2-4H,1H3. The van der Waals surface area contributed by atoms with Crippen molar-refractivity contribution < 1.29 is 31.5 Å². The number of methoxy groups -OCH3 is 1. The molecule has 0 aliphatic carbocycles. The van der Waals surface area contributed by atoms with Gasteiger partial charge in [0.15, 0.2) is 0 Å². The number of carbonyl (C=O) groups is 1. The number of hydrogen-bond acceptors (Lipinski definition) is 2. The summed E-state index contributed by atoms with van der Waals surface area (Å²) in [6, 6.07) is 2.51. The van der Waals surface area contributed by atoms with E-state index in [0.29, 0.717) is 6.07 Å². The lowest BCUT2D eigenvalue weighted by molar-refractivity contribution is -0.255. The number of ether oxygens (including phenoxy) is 1. The van der Waals surface area contributed by atoms with Crippen LogP contribution in [-0.4, -0.2) is 25.0 Å². The van der Waals surface area contributed by atoms with Crippen molar-refractivity contribution in [2.45, 2.75) is 12.1 Å². The fraction of sp³-hybridized carbons (Fsp3) is 0.300. The molecule has 1 rings (SSSR count). The Bertz CT molecular complexity index is 470. The molecule has 0 saturated carbocycles. The molecule has 0 atom stereocenters. The molecule has 0 amide bonds. The minimum Gasteiger partial charge on any atom is -0.495 e. The molecule has 0 radical (unpaired) electrons. The third-order valence-electron chi connectivity index (χ3n) is 2.06. The molecule has 0 aliphatic heterocycles. The Balaban J connectivity index is 3.16. The van der Waals surface area contributed by atoms with Crippen LogP contribution >= 0.6 is 11.6 Å². The molecule has 0 bridgehead atoms. The minimum atomic E-state index is -5.95. The van der Waals surface area contributed by atoms with Crippen molar-refractivity contribution in [3.8, 4) is 5.75 Å². The highest BCUT2D eigenvalue weighted by Crippen LogP contribution is 2.38. The monoisotopic (exact) mass is 288 g/mol. The smallest absolute Gasteiger partial charge is 0.461 e. The molecule has 8 heteroatoms. The van der Waals surface area contributed by atoms with Crippen molar-refractivity contribution in [2.75, 3.05) is 7.11 Å². The molecule has 1 aromatic carbocycles. The van der Waals surface area contributed by atoms with Gasteiger partial charge in [-0.2, -0.15) is 22.0 Å². The SMILES string of the molecule is COc1ccc(C(=O)C(F)(F)C(F)(F)F)cc1Cl. The number of hydrogen-bond donors (Lipinski definition) is 0. The summed E-state index contributed by atoms with van der Waals surface area (Å²) >= 11 is 5.53. The van der Waals surface area contributed by atoms with Crippen LogP contribution in [0.4, 0.5) is 22.0 Å². The van der Waals surface area contributed by atoms with Gasteiger partial charge in [-0.3, -0.25) is 4.79 Å². The van der Waals surface area contributed by atoms with Crippen LogP contribution in [0, 0.1) is 0 Å². The highest BCUT2D eigenvalue weighted by Gasteiger charge is 2.63. The van der Waals surface area contributed by atoms with E-state index < -0.39 is 23.4 Å². The molecule has 2 nitrogen and oxygen atoms in total. The zero-order chi connectivity index (χ0) is 14.1. The van der Waals surface area contributed by atoms with Crippen LogP contribution in [-0.2, 0) is 0 Å². The lowest BCUT2D eigenvalue weighted by atomic mass is 10.1. The van der Waals surface area contributed by atoms with Crippen LogP contribution in [0.1, 0.15) is 10.4 Å². The normalized spacial score (nSPS) is 12.4. The summed E-state index contributed by atoms with van der Waals surface area (Å²) in [7, 11) is 1.23. The Labute approximate surface area is 103 Å². The van der Waals surface area contributed by atoms with Crippen molar-refractivity contribution in [2.24, 2.45) is 0 Å². The number of Topliss-reactive ketones (excluding diaryl/α,β-unsaturated/α-hetero) is 1. The third-order valence-corrected chi connectivity index (χ3v) is 2.35. The van der Waals surface area contributed by atoms with Gasteiger partial charge in [0.1, 0.15) is 5.75 Å². The predicted octanol–water partition coefficient (Wildman–Crippen LogP) is 3.73. The van der Waals surface area contributed by atoms with E-state index in [1.54, 1.807) is 0 Å². The number of carbonyl (C=O) groups excluding carboxylic acids is 1. The van der Waals surface area contributed by atoms with Crippen molar-refractivity contribution in [3.63, 3.8) is 0 Å². The van der Waals surface area contributed by atoms with E-state index in [0.717, 1.165) is 12.1 Å². The van der Waals surface area contributed by atoms with Crippen LogP contribution in [0.15, 0.2) is 18.2 Å². The first-order valence-electron chi connectivity index (χ1n) is 4.44. The fourth-order valence-corrected chi connectivity index (χ4v) is 1.38. The van der Waals surface area contributed by atoms with Crippen molar-refractivity contribution in [3.05, 3.63) is 28.8 Å². The summed E-state index contributed by atoms with van der Waals surface area (Å²) in [6.07, 6.45) is -5.95. The van der Waals surface area contributed by atoms with Gasteiger partial charge in [-0.05, 0) is 18.2 Å². The lowest BCUT2D eigenvalue weighted by Crippen LogP contribution is -2.44. The Morgan fingerprint density at radius 3 is 2.17 bits per heavy atom. The summed E-state index contributed by atoms with van der Waals surface area (Å²) in [6.45, 7) is 0. The first kappa shape index (κ1) is 14.7. The van der Waals surface area contributed by atoms with Gasteiger partial charge in [-0.25, -0.2) is 0 Å². The van der Waals surface area contributed by atoms with E-state index in [9.17, 15) is 26.7 Å². The molecule has 0 heterocycles. The zero-order valence-electron chi connectivity index (χ0n) is 8.82. The molecular weight excluding hydrogens is 283 g/mol. The quantitative estimate of drug-likeness (QED) is 0.626. The second-order valence-electron chi connectivity index (χ2n) is 3.25. The Kier molecular flexibility index (Phi) is 3.85. The largest absolute Gasteiger partial charge is 0.495 e. The summed E-state index contributed by atoms with van der Waals surface area (Å²) in [5.74, 6) is -7.76. The summed E-state index contributed by atoms with van der Waals surface area (Å²) in [5.41, 5.74) is -0.844. The molecule has 0 N–H and O–H groups in total. The van der Waals surface area contributed by atoms with Crippen molar-refractivity contribution in [1.82, 2.24) is 0 Å². The van der Waals surface area contributed by atoms with E-state index in [4.69, 9.17) is 11.6 Å². The summed E-state index contributed by atoms with van der Waals surface area (Å²) in [5, 5.41) is -0.235. The lowest BCUT2D eigenvalue weighted by Gasteiger charge is -2.18. The first-order chi connectivity index (χ1) is 8.11. The van der Waals surface area contributed by atoms with Gasteiger partial charge in [0.25, 0.3) is 0 Å². The molecule has 0 aliphatic rings. The molecule has 100 valence electrons. The van der Waals surface area contributed by atoms with Gasteiger partial charge in [0.05, 0.1) is 12.1 Å². The van der Waals surface area contributed by atoms with E-state index in [1.807, 2.05) is 0 Å². The predicted molar refractivity (Wildman–Crippen MR) is 53.3 cm³/mol. The van der Waals surface area contributed by atoms with Gasteiger partial charge in [-0.1, -0.05) is 11.6 Å². The minimum absolute atomic E-state index is 0.0588. The number of alkyl halides is 5. The zero-order valence-corrected chi connectivity index (χ0v) is 9.57. The van der Waals surface area contributed by atoms with Gasteiger partial charge in [0.2, 0.25) is 5.78 Å². The fourth-order valence-electron chi connectivity index (χ4n) is 1.12. The average molecular weight is 289 g/mol. The Morgan fingerprint density at radius 1 is 1.22 bits per heavy atom. The number of rotatable bonds is 3. The second-order valence-corrected chi connectivity index (χ2v) is 3.66. The molecule has 1 aromatic rings. The maximum atomic E-state index is 12.8. The topological polar surface area (TPSA) is 26.3 Å². The number of benzene rings is 1. The van der Waals surface area contributed by atoms with Gasteiger partial charge in [0, 0.05) is 5.56 Å². The van der Waals surface area contributed by atoms with Gasteiger partial charge >= 0.3 is 12.1 Å². The highest BCUT2D eigenvalue weighted by molar-refractivity contribution is 6.32.